The zero-order chi connectivity index (χ0) is 34.6. The summed E-state index contributed by atoms with van der Waals surface area (Å²) in [6, 6.07) is 12.0. The summed E-state index contributed by atoms with van der Waals surface area (Å²) in [6.07, 6.45) is -6.47. The SMILES string of the molecule is CCCCCc1ccc(C(F)(F)OC2COC(c3ccc(-c4ccc(C(F)(F)Oc5cc(F)c(F)c(F)c5)c(F)c4)c(F)c3)OC2)cc1. The van der Waals surface area contributed by atoms with Gasteiger partial charge < -0.3 is 18.9 Å². The maximum atomic E-state index is 15.1. The Kier molecular flexibility index (Phi) is 10.7. The molecule has 0 N–H and O–H groups in total. The third kappa shape index (κ3) is 8.13. The molecule has 0 amide bonds. The number of rotatable bonds is 12. The number of hydrogen-bond donors (Lipinski definition) is 0. The van der Waals surface area contributed by atoms with Crippen molar-refractivity contribution in [1.29, 1.82) is 0 Å². The highest BCUT2D eigenvalue weighted by molar-refractivity contribution is 5.65. The monoisotopic (exact) mass is 684 g/mol. The van der Waals surface area contributed by atoms with Gasteiger partial charge in [0.25, 0.3) is 0 Å². The van der Waals surface area contributed by atoms with Gasteiger partial charge in [-0.05, 0) is 42.2 Å². The summed E-state index contributed by atoms with van der Waals surface area (Å²) < 4.78 is 149. The van der Waals surface area contributed by atoms with Crippen LogP contribution in [0.5, 0.6) is 5.75 Å². The largest absolute Gasteiger partial charge is 0.429 e. The standard InChI is InChI=1S/C35H29F9O4/c1-2-3-4-5-20-6-10-23(11-7-20)34(41,42)48-25-18-45-33(46-19-25)22-8-12-26(28(36)15-22)21-9-13-27(29(37)14-21)35(43,44)47-24-16-30(38)32(40)31(39)17-24/h6-17,25,33H,2-5,18-19H2,1H3. The first kappa shape index (κ1) is 35.2. The maximum absolute atomic E-state index is 15.1. The van der Waals surface area contributed by atoms with Crippen molar-refractivity contribution in [2.45, 2.75) is 57.2 Å². The Morgan fingerprint density at radius 3 is 1.98 bits per heavy atom. The summed E-state index contributed by atoms with van der Waals surface area (Å²) in [6.45, 7) is 1.49. The number of ether oxygens (including phenoxy) is 4. The zero-order valence-electron chi connectivity index (χ0n) is 25.4. The first-order chi connectivity index (χ1) is 22.8. The topological polar surface area (TPSA) is 36.9 Å². The fourth-order valence-electron chi connectivity index (χ4n) is 5.09. The summed E-state index contributed by atoms with van der Waals surface area (Å²) in [5.41, 5.74) is -0.881. The van der Waals surface area contributed by atoms with E-state index in [1.54, 1.807) is 12.1 Å². The van der Waals surface area contributed by atoms with Gasteiger partial charge in [0.1, 0.15) is 23.5 Å². The second-order valence-corrected chi connectivity index (χ2v) is 11.2. The minimum Gasteiger partial charge on any atom is -0.429 e. The molecule has 1 fully saturated rings. The van der Waals surface area contributed by atoms with Gasteiger partial charge in [0.15, 0.2) is 23.7 Å². The second kappa shape index (κ2) is 14.6. The van der Waals surface area contributed by atoms with Crippen molar-refractivity contribution in [2.75, 3.05) is 13.2 Å². The van der Waals surface area contributed by atoms with Gasteiger partial charge in [-0.15, -0.1) is 0 Å². The fraction of sp³-hybridized carbons (Fsp3) is 0.314. The van der Waals surface area contributed by atoms with Gasteiger partial charge in [0, 0.05) is 23.3 Å². The molecule has 256 valence electrons. The molecular formula is C35H29F9O4. The van der Waals surface area contributed by atoms with E-state index in [-0.39, 0.29) is 47.6 Å². The lowest BCUT2D eigenvalue weighted by Gasteiger charge is -2.32. The quantitative estimate of drug-likeness (QED) is 0.0846. The number of benzene rings is 4. The molecule has 1 aliphatic heterocycles. The molecule has 0 unspecified atom stereocenters. The molecule has 0 saturated carbocycles. The lowest BCUT2D eigenvalue weighted by Crippen LogP contribution is -2.38. The van der Waals surface area contributed by atoms with E-state index in [0.29, 0.717) is 12.1 Å². The van der Waals surface area contributed by atoms with E-state index in [1.165, 1.54) is 24.3 Å². The molecule has 0 radical (unpaired) electrons. The van der Waals surface area contributed by atoms with Crippen LogP contribution in [0, 0.1) is 29.1 Å². The third-order valence-electron chi connectivity index (χ3n) is 7.60. The smallest absolute Gasteiger partial charge is 0.429 e. The van der Waals surface area contributed by atoms with Crippen molar-refractivity contribution in [3.8, 4) is 16.9 Å². The van der Waals surface area contributed by atoms with Crippen LogP contribution in [-0.4, -0.2) is 19.3 Å². The lowest BCUT2D eigenvalue weighted by molar-refractivity contribution is -0.320. The minimum absolute atomic E-state index is 0.148. The number of hydrogen-bond acceptors (Lipinski definition) is 4. The first-order valence-corrected chi connectivity index (χ1v) is 15.0. The van der Waals surface area contributed by atoms with Crippen LogP contribution in [0.3, 0.4) is 0 Å². The van der Waals surface area contributed by atoms with E-state index in [2.05, 4.69) is 11.7 Å². The van der Waals surface area contributed by atoms with E-state index < -0.39 is 65.0 Å². The molecule has 0 bridgehead atoms. The molecule has 0 aliphatic carbocycles. The van der Waals surface area contributed by atoms with Gasteiger partial charge in [-0.1, -0.05) is 62.2 Å². The summed E-state index contributed by atoms with van der Waals surface area (Å²) in [4.78, 5) is 0. The average molecular weight is 685 g/mol. The number of aryl methyl sites for hydroxylation is 1. The van der Waals surface area contributed by atoms with Crippen LogP contribution in [0.25, 0.3) is 11.1 Å². The summed E-state index contributed by atoms with van der Waals surface area (Å²) in [7, 11) is 0. The Hall–Kier alpha value is -4.07. The molecule has 1 aliphatic rings. The van der Waals surface area contributed by atoms with Gasteiger partial charge >= 0.3 is 12.2 Å². The normalized spacial score (nSPS) is 17.0. The van der Waals surface area contributed by atoms with Crippen LogP contribution in [0.1, 0.15) is 54.7 Å². The van der Waals surface area contributed by atoms with Crippen LogP contribution < -0.4 is 4.74 Å². The molecule has 0 spiro atoms. The van der Waals surface area contributed by atoms with Crippen molar-refractivity contribution in [3.05, 3.63) is 124 Å². The number of unbranched alkanes of at least 4 members (excludes halogenated alkanes) is 2. The minimum atomic E-state index is -4.44. The van der Waals surface area contributed by atoms with Crippen LogP contribution in [-0.2, 0) is 32.8 Å². The molecule has 4 aromatic carbocycles. The van der Waals surface area contributed by atoms with E-state index in [1.807, 2.05) is 0 Å². The van der Waals surface area contributed by atoms with E-state index in [0.717, 1.165) is 43.4 Å². The predicted octanol–water partition coefficient (Wildman–Crippen LogP) is 10.1. The highest BCUT2D eigenvalue weighted by Crippen LogP contribution is 2.38. The molecule has 1 heterocycles. The van der Waals surface area contributed by atoms with E-state index in [4.69, 9.17) is 14.2 Å². The summed E-state index contributed by atoms with van der Waals surface area (Å²) >= 11 is 0. The fourth-order valence-corrected chi connectivity index (χ4v) is 5.09. The van der Waals surface area contributed by atoms with Gasteiger partial charge in [-0.3, -0.25) is 0 Å². The summed E-state index contributed by atoms with van der Waals surface area (Å²) in [5.74, 6) is -9.01. The lowest BCUT2D eigenvalue weighted by atomic mass is 10.0. The highest BCUT2D eigenvalue weighted by Gasteiger charge is 2.39. The van der Waals surface area contributed by atoms with Crippen molar-refractivity contribution in [3.63, 3.8) is 0 Å². The van der Waals surface area contributed by atoms with Crippen molar-refractivity contribution in [1.82, 2.24) is 0 Å². The molecule has 4 aromatic rings. The number of alkyl halides is 4. The molecule has 4 nitrogen and oxygen atoms in total. The Morgan fingerprint density at radius 2 is 1.38 bits per heavy atom. The Morgan fingerprint density at radius 1 is 0.708 bits per heavy atom. The van der Waals surface area contributed by atoms with Crippen molar-refractivity contribution >= 4 is 0 Å². The van der Waals surface area contributed by atoms with Crippen LogP contribution in [0.4, 0.5) is 39.5 Å². The molecular weight excluding hydrogens is 655 g/mol. The Bertz CT molecular complexity index is 1700. The van der Waals surface area contributed by atoms with E-state index in [9.17, 15) is 35.1 Å². The van der Waals surface area contributed by atoms with E-state index >= 15 is 4.39 Å². The average Bonchev–Trinajstić information content (AvgIpc) is 3.04. The number of halogens is 9. The molecule has 1 saturated heterocycles. The predicted molar refractivity (Wildman–Crippen MR) is 156 cm³/mol. The Balaban J connectivity index is 1.20. The van der Waals surface area contributed by atoms with Gasteiger partial charge in [-0.2, -0.15) is 17.6 Å². The second-order valence-electron chi connectivity index (χ2n) is 11.2. The van der Waals surface area contributed by atoms with Crippen LogP contribution in [0.2, 0.25) is 0 Å². The Labute approximate surface area is 270 Å². The molecule has 48 heavy (non-hydrogen) atoms. The molecule has 0 atom stereocenters. The molecule has 5 rings (SSSR count). The van der Waals surface area contributed by atoms with Gasteiger partial charge in [0.05, 0.1) is 24.3 Å². The zero-order valence-corrected chi connectivity index (χ0v) is 25.4. The van der Waals surface area contributed by atoms with Crippen molar-refractivity contribution < 1.29 is 58.5 Å². The van der Waals surface area contributed by atoms with Crippen molar-refractivity contribution in [2.24, 2.45) is 0 Å². The van der Waals surface area contributed by atoms with Gasteiger partial charge in [-0.25, -0.2) is 22.0 Å². The van der Waals surface area contributed by atoms with Crippen LogP contribution >= 0.6 is 0 Å². The first-order valence-electron chi connectivity index (χ1n) is 15.0. The summed E-state index contributed by atoms with van der Waals surface area (Å²) in [5, 5.41) is 0. The molecule has 13 heteroatoms. The van der Waals surface area contributed by atoms with Gasteiger partial charge in [0.2, 0.25) is 0 Å². The maximum Gasteiger partial charge on any atom is 0.429 e. The van der Waals surface area contributed by atoms with Crippen LogP contribution in [0.15, 0.2) is 72.8 Å². The third-order valence-corrected chi connectivity index (χ3v) is 7.60. The highest BCUT2D eigenvalue weighted by atomic mass is 19.3. The molecule has 0 aromatic heterocycles.